The Hall–Kier alpha value is -2.91. The number of aromatic nitrogens is 1. The molecule has 1 N–H and O–H groups in total. The number of allylic oxidation sites excluding steroid dienone is 1. The van der Waals surface area contributed by atoms with Gasteiger partial charge in [-0.05, 0) is 12.5 Å². The third kappa shape index (κ3) is 3.04. The van der Waals surface area contributed by atoms with E-state index in [1.807, 2.05) is 0 Å². The van der Waals surface area contributed by atoms with Crippen LogP contribution in [0.2, 0.25) is 0 Å². The zero-order chi connectivity index (χ0) is 19.9. The van der Waals surface area contributed by atoms with Gasteiger partial charge in [0.1, 0.15) is 18.6 Å². The summed E-state index contributed by atoms with van der Waals surface area (Å²) in [6.07, 6.45) is -3.20. The van der Waals surface area contributed by atoms with Crippen molar-refractivity contribution in [1.82, 2.24) is 10.3 Å². The van der Waals surface area contributed by atoms with Crippen molar-refractivity contribution in [2.45, 2.75) is 25.4 Å². The van der Waals surface area contributed by atoms with Gasteiger partial charge in [0.2, 0.25) is 0 Å². The Bertz CT molecular complexity index is 880. The highest BCUT2D eigenvalue weighted by atomic mass is 19.3. The molecule has 6 nitrogen and oxygen atoms in total. The smallest absolute Gasteiger partial charge is 0.337 e. The molecule has 3 rings (SSSR count). The van der Waals surface area contributed by atoms with Crippen molar-refractivity contribution in [1.29, 1.82) is 0 Å². The Kier molecular flexibility index (Phi) is 4.90. The van der Waals surface area contributed by atoms with Gasteiger partial charge < -0.3 is 14.8 Å². The molecular formula is C17H14F4N2O4. The molecule has 144 valence electrons. The molecular weight excluding hydrogens is 372 g/mol. The van der Waals surface area contributed by atoms with Gasteiger partial charge in [0.05, 0.1) is 41.8 Å². The number of esters is 2. The lowest BCUT2D eigenvalue weighted by molar-refractivity contribution is -0.136. The van der Waals surface area contributed by atoms with E-state index < -0.39 is 53.1 Å². The monoisotopic (exact) mass is 386 g/mol. The number of dihydropyridines is 1. The first kappa shape index (κ1) is 18.9. The summed E-state index contributed by atoms with van der Waals surface area (Å²) in [5, 5.41) is 2.33. The van der Waals surface area contributed by atoms with Gasteiger partial charge >= 0.3 is 11.9 Å². The van der Waals surface area contributed by atoms with Crippen LogP contribution < -0.4 is 5.32 Å². The molecule has 0 aromatic carbocycles. The number of ether oxygens (including phenoxy) is 2. The largest absolute Gasteiger partial charge is 0.466 e. The fourth-order valence-electron chi connectivity index (χ4n) is 3.27. The summed E-state index contributed by atoms with van der Waals surface area (Å²) in [5.74, 6) is -4.60. The van der Waals surface area contributed by atoms with E-state index in [1.54, 1.807) is 0 Å². The first-order chi connectivity index (χ1) is 12.8. The van der Waals surface area contributed by atoms with Crippen molar-refractivity contribution >= 4 is 11.9 Å². The van der Waals surface area contributed by atoms with Gasteiger partial charge in [-0.3, -0.25) is 4.98 Å². The van der Waals surface area contributed by atoms with Crippen molar-refractivity contribution in [3.05, 3.63) is 51.9 Å². The summed E-state index contributed by atoms with van der Waals surface area (Å²) in [6.45, 7) is 0.708. The zero-order valence-electron chi connectivity index (χ0n) is 14.2. The lowest BCUT2D eigenvalue weighted by atomic mass is 9.79. The number of hydrogen-bond acceptors (Lipinski definition) is 6. The molecule has 1 aromatic heterocycles. The lowest BCUT2D eigenvalue weighted by Crippen LogP contribution is -2.34. The maximum atomic E-state index is 14.2. The predicted octanol–water partition coefficient (Wildman–Crippen LogP) is 2.44. The van der Waals surface area contributed by atoms with Gasteiger partial charge in [-0.1, -0.05) is 0 Å². The number of rotatable bonds is 4. The topological polar surface area (TPSA) is 77.5 Å². The Morgan fingerprint density at radius 3 is 2.67 bits per heavy atom. The van der Waals surface area contributed by atoms with Gasteiger partial charge in [-0.25, -0.2) is 27.2 Å². The second kappa shape index (κ2) is 7.01. The minimum atomic E-state index is -3.14. The molecule has 2 unspecified atom stereocenters. The number of halogens is 4. The van der Waals surface area contributed by atoms with Crippen LogP contribution in [0.4, 0.5) is 17.6 Å². The molecule has 0 aliphatic carbocycles. The minimum absolute atomic E-state index is 0.00493. The van der Waals surface area contributed by atoms with E-state index in [4.69, 9.17) is 4.74 Å². The number of nitrogens with one attached hydrogen (secondary N) is 1. The highest BCUT2D eigenvalue weighted by molar-refractivity contribution is 6.01. The Balaban J connectivity index is 2.34. The van der Waals surface area contributed by atoms with Gasteiger partial charge in [0.25, 0.3) is 6.43 Å². The number of cyclic esters (lactones) is 1. The highest BCUT2D eigenvalue weighted by Crippen LogP contribution is 2.45. The predicted molar refractivity (Wildman–Crippen MR) is 82.6 cm³/mol. The van der Waals surface area contributed by atoms with E-state index in [0.29, 0.717) is 0 Å². The van der Waals surface area contributed by atoms with Crippen LogP contribution in [-0.2, 0) is 19.1 Å². The van der Waals surface area contributed by atoms with Crippen LogP contribution in [0.15, 0.2) is 34.9 Å². The average molecular weight is 386 g/mol. The van der Waals surface area contributed by atoms with Gasteiger partial charge in [0.15, 0.2) is 0 Å². The number of pyridine rings is 1. The van der Waals surface area contributed by atoms with E-state index in [2.05, 4.69) is 15.0 Å². The maximum absolute atomic E-state index is 14.2. The molecule has 0 radical (unpaired) electrons. The number of nitrogens with zero attached hydrogens (tertiary/aromatic N) is 1. The molecule has 0 bridgehead atoms. The summed E-state index contributed by atoms with van der Waals surface area (Å²) in [6, 6.07) is 0. The lowest BCUT2D eigenvalue weighted by Gasteiger charge is -2.29. The van der Waals surface area contributed by atoms with Crippen LogP contribution >= 0.6 is 0 Å². The van der Waals surface area contributed by atoms with Crippen molar-refractivity contribution in [2.75, 3.05) is 13.7 Å². The fraction of sp³-hybridized carbons (Fsp3) is 0.353. The van der Waals surface area contributed by atoms with Crippen LogP contribution in [0.5, 0.6) is 0 Å². The normalized spacial score (nSPS) is 20.4. The number of carbonyl (C=O) groups excluding carboxylic acids is 2. The van der Waals surface area contributed by atoms with E-state index in [1.165, 1.54) is 0 Å². The highest BCUT2D eigenvalue weighted by Gasteiger charge is 2.45. The summed E-state index contributed by atoms with van der Waals surface area (Å²) < 4.78 is 65.0. The molecule has 0 spiro atoms. The van der Waals surface area contributed by atoms with Crippen LogP contribution in [-0.4, -0.2) is 37.1 Å². The molecule has 0 saturated carbocycles. The van der Waals surface area contributed by atoms with E-state index in [-0.39, 0.29) is 23.4 Å². The van der Waals surface area contributed by atoms with Crippen LogP contribution in [0.3, 0.4) is 0 Å². The summed E-state index contributed by atoms with van der Waals surface area (Å²) in [4.78, 5) is 28.1. The molecule has 3 heterocycles. The standard InChI is InChI=1S/C17H14F4N2O4/c1-6(18)10-7(3-22-4-8(10)19)11-12-9(5-27-17(12)25)23-14(15(20)21)13(11)16(24)26-2/h3-4,6,11,15,23H,5H2,1-2H3. The minimum Gasteiger partial charge on any atom is -0.466 e. The second-order valence-electron chi connectivity index (χ2n) is 5.89. The van der Waals surface area contributed by atoms with Gasteiger partial charge in [-0.15, -0.1) is 0 Å². The number of alkyl halides is 3. The first-order valence-electron chi connectivity index (χ1n) is 7.83. The zero-order valence-corrected chi connectivity index (χ0v) is 14.2. The molecule has 2 atom stereocenters. The van der Waals surface area contributed by atoms with Gasteiger partial charge in [-0.2, -0.15) is 0 Å². The van der Waals surface area contributed by atoms with Gasteiger partial charge in [0, 0.05) is 11.8 Å². The van der Waals surface area contributed by atoms with Crippen LogP contribution in [0.1, 0.15) is 30.1 Å². The molecule has 2 aliphatic rings. The Morgan fingerprint density at radius 1 is 1.37 bits per heavy atom. The number of carbonyl (C=O) groups is 2. The van der Waals surface area contributed by atoms with Crippen molar-refractivity contribution in [2.24, 2.45) is 0 Å². The quantitative estimate of drug-likeness (QED) is 0.633. The molecule has 0 saturated heterocycles. The Morgan fingerprint density at radius 2 is 2.07 bits per heavy atom. The number of hydrogen-bond donors (Lipinski definition) is 1. The van der Waals surface area contributed by atoms with E-state index in [0.717, 1.165) is 26.4 Å². The first-order valence-corrected chi connectivity index (χ1v) is 7.83. The van der Waals surface area contributed by atoms with Crippen molar-refractivity contribution in [3.63, 3.8) is 0 Å². The van der Waals surface area contributed by atoms with Crippen LogP contribution in [0.25, 0.3) is 0 Å². The SMILES string of the molecule is COC(=O)C1=C(C(F)F)NC2=C(C(=O)OC2)C1c1cncc(F)c1C(C)F. The third-order valence-corrected chi connectivity index (χ3v) is 4.35. The molecule has 1 aromatic rings. The molecule has 2 aliphatic heterocycles. The van der Waals surface area contributed by atoms with E-state index in [9.17, 15) is 27.2 Å². The number of methoxy groups -OCH3 is 1. The third-order valence-electron chi connectivity index (χ3n) is 4.35. The molecule has 10 heteroatoms. The fourth-order valence-corrected chi connectivity index (χ4v) is 3.27. The van der Waals surface area contributed by atoms with Crippen molar-refractivity contribution < 1.29 is 36.6 Å². The average Bonchev–Trinajstić information content (AvgIpc) is 2.99. The van der Waals surface area contributed by atoms with E-state index >= 15 is 0 Å². The Labute approximate surface area is 150 Å². The summed E-state index contributed by atoms with van der Waals surface area (Å²) in [5.41, 5.74) is -2.34. The van der Waals surface area contributed by atoms with Crippen molar-refractivity contribution in [3.8, 4) is 0 Å². The molecule has 27 heavy (non-hydrogen) atoms. The summed E-state index contributed by atoms with van der Waals surface area (Å²) >= 11 is 0. The maximum Gasteiger partial charge on any atom is 0.337 e. The van der Waals surface area contributed by atoms with Crippen LogP contribution in [0, 0.1) is 5.82 Å². The summed E-state index contributed by atoms with van der Waals surface area (Å²) in [7, 11) is 0.967. The molecule has 0 amide bonds. The molecule has 0 fully saturated rings. The second-order valence-corrected chi connectivity index (χ2v) is 5.89.